The quantitative estimate of drug-likeness (QED) is 0.212. The number of hydrogen-bond acceptors (Lipinski definition) is 9. The molecule has 0 unspecified atom stereocenters. The van der Waals surface area contributed by atoms with E-state index in [2.05, 4.69) is 26.0 Å². The van der Waals surface area contributed by atoms with E-state index in [0.717, 1.165) is 34.1 Å². The largest absolute Gasteiger partial charge is 0.454 e. The summed E-state index contributed by atoms with van der Waals surface area (Å²) >= 11 is 0.940. The molecule has 0 atom stereocenters. The summed E-state index contributed by atoms with van der Waals surface area (Å²) in [5.74, 6) is 4.81. The fourth-order valence-electron chi connectivity index (χ4n) is 2.69. The molecule has 0 fully saturated rings. The van der Waals surface area contributed by atoms with Crippen LogP contribution in [-0.2, 0) is 4.79 Å². The zero-order valence-electron chi connectivity index (χ0n) is 16.6. The van der Waals surface area contributed by atoms with Gasteiger partial charge in [-0.2, -0.15) is 5.10 Å². The molecule has 166 valence electrons. The van der Waals surface area contributed by atoms with Crippen molar-refractivity contribution in [1.82, 2.24) is 14.9 Å². The molecule has 0 spiro atoms. The smallest absolute Gasteiger partial charge is 0.264 e. The minimum absolute atomic E-state index is 0.133. The number of anilines is 2. The van der Waals surface area contributed by atoms with Crippen LogP contribution >= 0.6 is 11.8 Å². The van der Waals surface area contributed by atoms with Gasteiger partial charge in [-0.15, -0.1) is 10.2 Å². The molecule has 32 heavy (non-hydrogen) atoms. The van der Waals surface area contributed by atoms with Crippen LogP contribution in [0.1, 0.15) is 12.5 Å². The molecular weight excluding hydrogens is 444 g/mol. The fourth-order valence-corrected chi connectivity index (χ4v) is 3.35. The topological polar surface area (TPSA) is 129 Å². The summed E-state index contributed by atoms with van der Waals surface area (Å²) in [6, 6.07) is 8.72. The van der Waals surface area contributed by atoms with Crippen LogP contribution in [0.2, 0.25) is 0 Å². The van der Waals surface area contributed by atoms with Crippen LogP contribution in [0.15, 0.2) is 46.7 Å². The van der Waals surface area contributed by atoms with E-state index in [4.69, 9.17) is 15.3 Å². The Bertz CT molecular complexity index is 1180. The molecule has 1 aliphatic heterocycles. The monoisotopic (exact) mass is 461 g/mol. The van der Waals surface area contributed by atoms with Gasteiger partial charge in [0.15, 0.2) is 11.5 Å². The van der Waals surface area contributed by atoms with E-state index < -0.39 is 23.2 Å². The number of carbonyl (C=O) groups excluding carboxylic acids is 1. The molecular formula is C19H17F2N7O3S. The number of rotatable bonds is 7. The van der Waals surface area contributed by atoms with E-state index in [-0.39, 0.29) is 23.7 Å². The molecule has 0 radical (unpaired) electrons. The fraction of sp³-hybridized carbons (Fsp3) is 0.158. The maximum Gasteiger partial charge on any atom is 0.264 e. The Hall–Kier alpha value is -3.87. The summed E-state index contributed by atoms with van der Waals surface area (Å²) in [5.41, 5.74) is 3.63. The molecule has 0 saturated heterocycles. The average molecular weight is 461 g/mol. The van der Waals surface area contributed by atoms with Gasteiger partial charge in [-0.1, -0.05) is 17.8 Å². The molecule has 1 aromatic heterocycles. The lowest BCUT2D eigenvalue weighted by Crippen LogP contribution is -2.18. The number of carbonyl (C=O) groups is 1. The Morgan fingerprint density at radius 3 is 2.75 bits per heavy atom. The van der Waals surface area contributed by atoms with Crippen molar-refractivity contribution in [2.24, 2.45) is 5.10 Å². The van der Waals surface area contributed by atoms with E-state index in [1.54, 1.807) is 19.1 Å². The van der Waals surface area contributed by atoms with E-state index in [0.29, 0.717) is 17.2 Å². The van der Waals surface area contributed by atoms with Crippen LogP contribution in [0, 0.1) is 11.6 Å². The molecule has 2 heterocycles. The summed E-state index contributed by atoms with van der Waals surface area (Å²) in [7, 11) is 0. The number of hydrazone groups is 1. The number of para-hydroxylation sites is 1. The van der Waals surface area contributed by atoms with Gasteiger partial charge in [-0.25, -0.2) is 18.9 Å². The summed E-state index contributed by atoms with van der Waals surface area (Å²) < 4.78 is 39.0. The van der Waals surface area contributed by atoms with Crippen LogP contribution in [0.4, 0.5) is 20.4 Å². The van der Waals surface area contributed by atoms with E-state index in [1.165, 1.54) is 6.07 Å². The Morgan fingerprint density at radius 2 is 1.97 bits per heavy atom. The summed E-state index contributed by atoms with van der Waals surface area (Å²) in [6.45, 7) is 1.96. The maximum atomic E-state index is 13.6. The van der Waals surface area contributed by atoms with Crippen LogP contribution in [0.3, 0.4) is 0 Å². The number of nitrogen functional groups attached to an aromatic ring is 1. The lowest BCUT2D eigenvalue weighted by Gasteiger charge is -2.07. The average Bonchev–Trinajstić information content (AvgIpc) is 3.39. The first-order valence-electron chi connectivity index (χ1n) is 9.20. The molecule has 0 saturated carbocycles. The highest BCUT2D eigenvalue weighted by Crippen LogP contribution is 2.32. The predicted octanol–water partition coefficient (Wildman–Crippen LogP) is 2.57. The number of amides is 1. The molecule has 3 aromatic rings. The second-order valence-electron chi connectivity index (χ2n) is 6.49. The summed E-state index contributed by atoms with van der Waals surface area (Å²) in [5, 5.41) is 14.4. The number of nitrogens with two attached hydrogens (primary N) is 1. The van der Waals surface area contributed by atoms with Crippen LogP contribution in [0.5, 0.6) is 11.5 Å². The maximum absolute atomic E-state index is 13.6. The third-order valence-electron chi connectivity index (χ3n) is 4.34. The molecule has 10 nitrogen and oxygen atoms in total. The van der Waals surface area contributed by atoms with Crippen molar-refractivity contribution in [2.75, 3.05) is 29.1 Å². The van der Waals surface area contributed by atoms with E-state index in [1.807, 2.05) is 6.07 Å². The van der Waals surface area contributed by atoms with Gasteiger partial charge in [0.05, 0.1) is 11.5 Å². The standard InChI is InChI=1S/C19H17F2N7O3S/c1-10(11-5-6-14-15(7-11)31-9-30-14)24-25-18-26-27-19(28(18)22)32-8-16(29)23-17-12(20)3-2-4-13(17)21/h2-7H,8-9,22H2,1H3,(H,23,29)(H,25,26)/b24-10+. The third kappa shape index (κ3) is 4.56. The molecule has 0 bridgehead atoms. The number of fused-ring (bicyclic) bond motifs is 1. The van der Waals surface area contributed by atoms with Gasteiger partial charge in [-0.05, 0) is 37.3 Å². The Labute approximate surface area is 184 Å². The van der Waals surface area contributed by atoms with Gasteiger partial charge in [0.25, 0.3) is 5.95 Å². The summed E-state index contributed by atoms with van der Waals surface area (Å²) in [6.07, 6.45) is 0. The molecule has 0 aliphatic carbocycles. The lowest BCUT2D eigenvalue weighted by atomic mass is 10.1. The van der Waals surface area contributed by atoms with Crippen molar-refractivity contribution in [1.29, 1.82) is 0 Å². The minimum Gasteiger partial charge on any atom is -0.454 e. The lowest BCUT2D eigenvalue weighted by molar-refractivity contribution is -0.113. The molecule has 1 amide bonds. The minimum atomic E-state index is -0.868. The molecule has 4 rings (SSSR count). The van der Waals surface area contributed by atoms with Crippen molar-refractivity contribution >= 4 is 35.0 Å². The first-order valence-corrected chi connectivity index (χ1v) is 10.2. The van der Waals surface area contributed by atoms with Gasteiger partial charge < -0.3 is 20.6 Å². The summed E-state index contributed by atoms with van der Waals surface area (Å²) in [4.78, 5) is 12.0. The third-order valence-corrected chi connectivity index (χ3v) is 5.28. The first-order chi connectivity index (χ1) is 15.4. The van der Waals surface area contributed by atoms with Gasteiger partial charge in [-0.3, -0.25) is 4.79 Å². The highest BCUT2D eigenvalue weighted by atomic mass is 32.2. The Balaban J connectivity index is 1.36. The number of hydrogen-bond donors (Lipinski definition) is 3. The molecule has 1 aliphatic rings. The molecule has 13 heteroatoms. The van der Waals surface area contributed by atoms with Crippen molar-refractivity contribution in [2.45, 2.75) is 12.1 Å². The van der Waals surface area contributed by atoms with Crippen molar-refractivity contribution < 1.29 is 23.0 Å². The van der Waals surface area contributed by atoms with Gasteiger partial charge >= 0.3 is 0 Å². The zero-order chi connectivity index (χ0) is 22.7. The van der Waals surface area contributed by atoms with Crippen molar-refractivity contribution in [3.05, 3.63) is 53.6 Å². The highest BCUT2D eigenvalue weighted by molar-refractivity contribution is 7.99. The van der Waals surface area contributed by atoms with Gasteiger partial charge in [0.1, 0.15) is 17.3 Å². The second kappa shape index (κ2) is 9.09. The molecule has 4 N–H and O–H groups in total. The van der Waals surface area contributed by atoms with Crippen molar-refractivity contribution in [3.63, 3.8) is 0 Å². The second-order valence-corrected chi connectivity index (χ2v) is 7.43. The SMILES string of the molecule is C/C(=N\Nc1nnc(SCC(=O)Nc2c(F)cccc2F)n1N)c1ccc2c(c1)OCO2. The van der Waals surface area contributed by atoms with Crippen LogP contribution in [0.25, 0.3) is 0 Å². The van der Waals surface area contributed by atoms with Gasteiger partial charge in [0.2, 0.25) is 17.9 Å². The van der Waals surface area contributed by atoms with Crippen LogP contribution in [-0.4, -0.2) is 39.0 Å². The Kier molecular flexibility index (Phi) is 6.07. The van der Waals surface area contributed by atoms with E-state index in [9.17, 15) is 13.6 Å². The number of benzene rings is 2. The number of nitrogens with one attached hydrogen (secondary N) is 2. The highest BCUT2D eigenvalue weighted by Gasteiger charge is 2.16. The zero-order valence-corrected chi connectivity index (χ0v) is 17.4. The predicted molar refractivity (Wildman–Crippen MR) is 114 cm³/mol. The number of ether oxygens (including phenoxy) is 2. The number of nitrogens with zero attached hydrogens (tertiary/aromatic N) is 4. The van der Waals surface area contributed by atoms with E-state index >= 15 is 0 Å². The Morgan fingerprint density at radius 1 is 1.22 bits per heavy atom. The number of thioether (sulfide) groups is 1. The molecule has 2 aromatic carbocycles. The number of halogens is 2. The normalized spacial score (nSPS) is 12.7. The number of aromatic nitrogens is 3. The van der Waals surface area contributed by atoms with Gasteiger partial charge in [0, 0.05) is 5.56 Å². The van der Waals surface area contributed by atoms with Crippen molar-refractivity contribution in [3.8, 4) is 11.5 Å². The first kappa shape index (κ1) is 21.4. The van der Waals surface area contributed by atoms with Crippen LogP contribution < -0.4 is 26.1 Å².